The lowest BCUT2D eigenvalue weighted by atomic mass is 10.1. The second-order valence-electron chi connectivity index (χ2n) is 5.65. The van der Waals surface area contributed by atoms with Crippen molar-refractivity contribution in [3.63, 3.8) is 0 Å². The van der Waals surface area contributed by atoms with E-state index in [1.807, 2.05) is 0 Å². The van der Waals surface area contributed by atoms with Gasteiger partial charge in [0.15, 0.2) is 0 Å². The van der Waals surface area contributed by atoms with Gasteiger partial charge in [0.05, 0.1) is 17.5 Å². The minimum absolute atomic E-state index is 0.156. The maximum absolute atomic E-state index is 12.7. The number of hydrogen-bond acceptors (Lipinski definition) is 4. The third kappa shape index (κ3) is 3.29. The number of rotatable bonds is 4. The number of nitrogens with zero attached hydrogens (tertiary/aromatic N) is 3. The number of benzene rings is 1. The van der Waals surface area contributed by atoms with Crippen molar-refractivity contribution in [2.45, 2.75) is 31.6 Å². The molecule has 1 N–H and O–H groups in total. The van der Waals surface area contributed by atoms with Crippen LogP contribution in [0, 0.1) is 10.1 Å². The summed E-state index contributed by atoms with van der Waals surface area (Å²) >= 11 is 0. The van der Waals surface area contributed by atoms with Crippen LogP contribution in [-0.4, -0.2) is 39.0 Å². The van der Waals surface area contributed by atoms with Crippen LogP contribution in [0.3, 0.4) is 0 Å². The standard InChI is InChI=1S/C14H15F3N4O2/c15-14(16,17)13-18-10-4-3-9(7-11(10)19-13)8-12(21(22)23)20-5-1-2-6-20/h3-4,7,12H,1-2,5-6,8H2,(H,18,19). The predicted octanol–water partition coefficient (Wildman–Crippen LogP) is 2.82. The van der Waals surface area contributed by atoms with Crippen LogP contribution in [0.2, 0.25) is 0 Å². The second-order valence-corrected chi connectivity index (χ2v) is 5.65. The molecule has 3 rings (SSSR count). The molecule has 1 aromatic carbocycles. The second kappa shape index (κ2) is 5.80. The van der Waals surface area contributed by atoms with Gasteiger partial charge in [-0.2, -0.15) is 13.2 Å². The number of imidazole rings is 1. The van der Waals surface area contributed by atoms with E-state index in [0.717, 1.165) is 12.8 Å². The first-order valence-electron chi connectivity index (χ1n) is 7.28. The molecule has 23 heavy (non-hydrogen) atoms. The van der Waals surface area contributed by atoms with E-state index in [9.17, 15) is 23.3 Å². The highest BCUT2D eigenvalue weighted by molar-refractivity contribution is 5.76. The lowest BCUT2D eigenvalue weighted by molar-refractivity contribution is -0.549. The molecule has 0 aliphatic carbocycles. The molecular formula is C14H15F3N4O2. The highest BCUT2D eigenvalue weighted by Crippen LogP contribution is 2.29. The van der Waals surface area contributed by atoms with Gasteiger partial charge in [-0.1, -0.05) is 6.07 Å². The molecule has 0 bridgehead atoms. The van der Waals surface area contributed by atoms with Gasteiger partial charge in [-0.25, -0.2) is 9.88 Å². The number of alkyl halides is 3. The first-order chi connectivity index (χ1) is 10.8. The number of nitrogens with one attached hydrogen (secondary N) is 1. The number of nitro groups is 1. The quantitative estimate of drug-likeness (QED) is 0.692. The zero-order chi connectivity index (χ0) is 16.6. The van der Waals surface area contributed by atoms with Gasteiger partial charge in [0.2, 0.25) is 5.82 Å². The SMILES string of the molecule is O=[N+]([O-])C(Cc1ccc2nc(C(F)(F)F)[nH]c2c1)N1CCCC1. The summed E-state index contributed by atoms with van der Waals surface area (Å²) in [7, 11) is 0. The zero-order valence-electron chi connectivity index (χ0n) is 12.1. The van der Waals surface area contributed by atoms with Crippen LogP contribution in [0.1, 0.15) is 24.2 Å². The molecule has 1 aliphatic rings. The Hall–Kier alpha value is -2.16. The molecule has 1 aromatic heterocycles. The average molecular weight is 328 g/mol. The fourth-order valence-corrected chi connectivity index (χ4v) is 2.91. The van der Waals surface area contributed by atoms with Crippen molar-refractivity contribution in [1.82, 2.24) is 14.9 Å². The lowest BCUT2D eigenvalue weighted by Gasteiger charge is -2.19. The van der Waals surface area contributed by atoms with Gasteiger partial charge in [-0.05, 0) is 30.5 Å². The Morgan fingerprint density at radius 1 is 1.35 bits per heavy atom. The van der Waals surface area contributed by atoms with Gasteiger partial charge < -0.3 is 4.98 Å². The van der Waals surface area contributed by atoms with E-state index in [1.54, 1.807) is 11.0 Å². The van der Waals surface area contributed by atoms with E-state index in [2.05, 4.69) is 9.97 Å². The first kappa shape index (κ1) is 15.7. The Morgan fingerprint density at radius 2 is 2.04 bits per heavy atom. The maximum atomic E-state index is 12.7. The lowest BCUT2D eigenvalue weighted by Crippen LogP contribution is -2.40. The van der Waals surface area contributed by atoms with Crippen LogP contribution in [0.15, 0.2) is 18.2 Å². The average Bonchev–Trinajstić information content (AvgIpc) is 3.12. The van der Waals surface area contributed by atoms with Gasteiger partial charge in [0.25, 0.3) is 6.17 Å². The van der Waals surface area contributed by atoms with Crippen molar-refractivity contribution >= 4 is 11.0 Å². The van der Waals surface area contributed by atoms with Gasteiger partial charge in [-0.15, -0.1) is 0 Å². The van der Waals surface area contributed by atoms with E-state index in [0.29, 0.717) is 18.7 Å². The molecule has 0 spiro atoms. The predicted molar refractivity (Wildman–Crippen MR) is 76.4 cm³/mol. The molecule has 9 heteroatoms. The number of H-pyrrole nitrogens is 1. The largest absolute Gasteiger partial charge is 0.449 e. The van der Waals surface area contributed by atoms with E-state index < -0.39 is 18.2 Å². The molecule has 1 saturated heterocycles. The van der Waals surface area contributed by atoms with Crippen LogP contribution in [-0.2, 0) is 12.6 Å². The molecule has 1 fully saturated rings. The molecular weight excluding hydrogens is 313 g/mol. The molecule has 0 radical (unpaired) electrons. The highest BCUT2D eigenvalue weighted by Gasteiger charge is 2.35. The number of likely N-dealkylation sites (tertiary alicyclic amines) is 1. The zero-order valence-corrected chi connectivity index (χ0v) is 12.1. The summed E-state index contributed by atoms with van der Waals surface area (Å²) in [5, 5.41) is 11.3. The summed E-state index contributed by atoms with van der Waals surface area (Å²) < 4.78 is 38.0. The molecule has 0 saturated carbocycles. The number of aromatic nitrogens is 2. The van der Waals surface area contributed by atoms with Crippen molar-refractivity contribution < 1.29 is 18.1 Å². The summed E-state index contributed by atoms with van der Waals surface area (Å²) in [6.45, 7) is 1.35. The van der Waals surface area contributed by atoms with Crippen molar-refractivity contribution in [2.75, 3.05) is 13.1 Å². The Morgan fingerprint density at radius 3 is 2.65 bits per heavy atom. The number of hydrogen-bond donors (Lipinski definition) is 1. The molecule has 6 nitrogen and oxygen atoms in total. The Balaban J connectivity index is 1.85. The van der Waals surface area contributed by atoms with Gasteiger partial charge in [0, 0.05) is 18.0 Å². The normalized spacial score (nSPS) is 17.7. The van der Waals surface area contributed by atoms with E-state index >= 15 is 0 Å². The summed E-state index contributed by atoms with van der Waals surface area (Å²) in [6.07, 6.45) is -3.38. The smallest absolute Gasteiger partial charge is 0.334 e. The van der Waals surface area contributed by atoms with Crippen LogP contribution in [0.5, 0.6) is 0 Å². The molecule has 1 unspecified atom stereocenters. The highest BCUT2D eigenvalue weighted by atomic mass is 19.4. The van der Waals surface area contributed by atoms with Crippen LogP contribution in [0.25, 0.3) is 11.0 Å². The van der Waals surface area contributed by atoms with E-state index in [-0.39, 0.29) is 22.4 Å². The molecule has 2 heterocycles. The van der Waals surface area contributed by atoms with Crippen molar-refractivity contribution in [3.8, 4) is 0 Å². The maximum Gasteiger partial charge on any atom is 0.449 e. The van der Waals surface area contributed by atoms with Crippen LogP contribution in [0.4, 0.5) is 13.2 Å². The fourth-order valence-electron chi connectivity index (χ4n) is 2.91. The molecule has 1 atom stereocenters. The topological polar surface area (TPSA) is 75.1 Å². The van der Waals surface area contributed by atoms with E-state index in [4.69, 9.17) is 0 Å². The summed E-state index contributed by atoms with van der Waals surface area (Å²) in [5.41, 5.74) is 1.04. The van der Waals surface area contributed by atoms with Crippen molar-refractivity contribution in [3.05, 3.63) is 39.7 Å². The summed E-state index contributed by atoms with van der Waals surface area (Å²) in [4.78, 5) is 18.5. The molecule has 2 aromatic rings. The Bertz CT molecular complexity index is 722. The van der Waals surface area contributed by atoms with Gasteiger partial charge in [0.1, 0.15) is 0 Å². The minimum Gasteiger partial charge on any atom is -0.334 e. The molecule has 1 aliphatic heterocycles. The fraction of sp³-hybridized carbons (Fsp3) is 0.500. The monoisotopic (exact) mass is 328 g/mol. The third-order valence-electron chi connectivity index (χ3n) is 4.04. The Labute approximate surface area is 129 Å². The third-order valence-corrected chi connectivity index (χ3v) is 4.04. The minimum atomic E-state index is -4.54. The molecule has 124 valence electrons. The van der Waals surface area contributed by atoms with Crippen LogP contribution < -0.4 is 0 Å². The van der Waals surface area contributed by atoms with E-state index in [1.165, 1.54) is 12.1 Å². The number of fused-ring (bicyclic) bond motifs is 1. The Kier molecular flexibility index (Phi) is 3.97. The first-order valence-corrected chi connectivity index (χ1v) is 7.28. The summed E-state index contributed by atoms with van der Waals surface area (Å²) in [6, 6.07) is 4.55. The van der Waals surface area contributed by atoms with Crippen molar-refractivity contribution in [1.29, 1.82) is 0 Å². The van der Waals surface area contributed by atoms with Gasteiger partial charge >= 0.3 is 6.18 Å². The van der Waals surface area contributed by atoms with Crippen molar-refractivity contribution in [2.24, 2.45) is 0 Å². The number of halogens is 3. The molecule has 0 amide bonds. The summed E-state index contributed by atoms with van der Waals surface area (Å²) in [5.74, 6) is -1.06. The van der Waals surface area contributed by atoms with Crippen LogP contribution >= 0.6 is 0 Å². The number of aromatic amines is 1. The van der Waals surface area contributed by atoms with Gasteiger partial charge in [-0.3, -0.25) is 10.1 Å².